The van der Waals surface area contributed by atoms with Gasteiger partial charge in [-0.05, 0) is 18.9 Å². The molecule has 0 saturated carbocycles. The quantitative estimate of drug-likeness (QED) is 0.213. The summed E-state index contributed by atoms with van der Waals surface area (Å²) in [5, 5.41) is 2.76. The Hall–Kier alpha value is 1.71. The van der Waals surface area contributed by atoms with Crippen molar-refractivity contribution in [2.45, 2.75) is 19.0 Å². The van der Waals surface area contributed by atoms with E-state index in [2.05, 4.69) is 8.81 Å². The van der Waals surface area contributed by atoms with E-state index in [-0.39, 0.29) is 50.4 Å². The Morgan fingerprint density at radius 1 is 1.48 bits per heavy atom. The minimum absolute atomic E-state index is 0. The third kappa shape index (κ3) is 18.3. The van der Waals surface area contributed by atoms with Gasteiger partial charge < -0.3 is 10.5 Å². The summed E-state index contributed by atoms with van der Waals surface area (Å²) in [4.78, 5) is 32.0. The molecule has 0 saturated heterocycles. The van der Waals surface area contributed by atoms with Crippen molar-refractivity contribution in [3.8, 4) is 0 Å². The Kier molecular flexibility index (Phi) is 25.7. The normalized spacial score (nSPS) is 11.8. The maximum atomic E-state index is 11.3. The van der Waals surface area contributed by atoms with E-state index >= 15 is 0 Å². The van der Waals surface area contributed by atoms with Gasteiger partial charge in [-0.15, -0.1) is 0 Å². The van der Waals surface area contributed by atoms with E-state index in [0.29, 0.717) is 18.8 Å². The van der Waals surface area contributed by atoms with E-state index in [4.69, 9.17) is 5.73 Å². The smallest absolute Gasteiger partial charge is 0.113 e. The minimum Gasteiger partial charge on any atom is -0.668 e. The molecule has 0 aromatic carbocycles. The fourth-order valence-electron chi connectivity index (χ4n) is 0.858. The molecule has 0 fully saturated rings. The summed E-state index contributed by atoms with van der Waals surface area (Å²) in [5.41, 5.74) is 7.15. The van der Waals surface area contributed by atoms with Crippen LogP contribution < -0.4 is 8.81 Å². The first kappa shape index (κ1) is 29.5. The molecule has 0 aliphatic rings. The molecular weight excluding hydrogens is 757 g/mol. The SMILES string of the molecule is CNC([C-]=O)C[N+](=[W])C(=O)C[NH+]=[W].CSSCC([NH-])C(C)=O.[Y]. The standard InChI is InChI=1S/C6H11N3O2.C5H10NOS2.2W.Y/c1-8-5(4-10)3-9-6(11)2-7;1-4(7)5(6)3-9-8-2;;;/h5,7-8H,2-3H2,1H3,(H,9,11);5-6H,3H2,1-2H3;;;/q-2;-1;2*+2;/p-1. The molecule has 23 heavy (non-hydrogen) atoms. The topological polar surface area (TPSA) is 104 Å². The summed E-state index contributed by atoms with van der Waals surface area (Å²) >= 11 is 2.21. The number of carbonyl (C=O) groups is 2. The molecule has 7 nitrogen and oxygen atoms in total. The molecule has 1 radical (unpaired) electrons. The number of rotatable bonds is 10. The Balaban J connectivity index is -0.000000354. The molecule has 2 unspecified atom stereocenters. The zero-order chi connectivity index (χ0) is 17.5. The van der Waals surface area contributed by atoms with Crippen LogP contribution in [0.25, 0.3) is 5.73 Å². The average Bonchev–Trinajstić information content (AvgIpc) is 2.50. The Morgan fingerprint density at radius 2 is 2.04 bits per heavy atom. The number of nitrogens with zero attached hydrogens (tertiary/aromatic N) is 1. The third-order valence-electron chi connectivity index (χ3n) is 2.18. The molecule has 0 heterocycles. The molecule has 0 aliphatic carbocycles. The molecule has 0 aromatic rings. The van der Waals surface area contributed by atoms with Crippen LogP contribution in [0.2, 0.25) is 0 Å². The van der Waals surface area contributed by atoms with Crippen LogP contribution in [-0.4, -0.2) is 65.3 Å². The third-order valence-corrected chi connectivity index (χ3v) is 5.79. The summed E-state index contributed by atoms with van der Waals surface area (Å²) in [5.74, 6) is 0.577. The summed E-state index contributed by atoms with van der Waals surface area (Å²) < 4.78 is 4.43. The van der Waals surface area contributed by atoms with Gasteiger partial charge in [-0.2, -0.15) is 0 Å². The largest absolute Gasteiger partial charge is 0.668 e. The van der Waals surface area contributed by atoms with Crippen LogP contribution >= 0.6 is 21.6 Å². The van der Waals surface area contributed by atoms with Crippen molar-refractivity contribution in [3.63, 3.8) is 0 Å². The van der Waals surface area contributed by atoms with Gasteiger partial charge in [-0.25, -0.2) is 0 Å². The molecule has 2 atom stereocenters. The Morgan fingerprint density at radius 3 is 2.39 bits per heavy atom. The molecule has 129 valence electrons. The molecule has 0 aliphatic heterocycles. The summed E-state index contributed by atoms with van der Waals surface area (Å²) in [7, 11) is 4.82. The predicted molar refractivity (Wildman–Crippen MR) is 79.3 cm³/mol. The summed E-state index contributed by atoms with van der Waals surface area (Å²) in [6, 6.07) is -0.909. The number of hydrogen-bond acceptors (Lipinski definition) is 6. The molecule has 12 heteroatoms. The van der Waals surface area contributed by atoms with E-state index < -0.39 is 6.04 Å². The van der Waals surface area contributed by atoms with Crippen molar-refractivity contribution in [2.75, 3.05) is 32.1 Å². The maximum Gasteiger partial charge on any atom is 0.113 e. The molecule has 0 rings (SSSR count). The monoisotopic (exact) mass is 777 g/mol. The van der Waals surface area contributed by atoms with E-state index in [1.807, 2.05) is 12.5 Å². The van der Waals surface area contributed by atoms with Gasteiger partial charge in [-0.1, -0.05) is 27.6 Å². The maximum absolute atomic E-state index is 11.3. The van der Waals surface area contributed by atoms with Gasteiger partial charge in [-0.3, -0.25) is 0 Å². The molecule has 0 bridgehead atoms. The van der Waals surface area contributed by atoms with Crippen molar-refractivity contribution in [3.05, 3.63) is 5.73 Å². The number of amides is 1. The van der Waals surface area contributed by atoms with Gasteiger partial charge in [0.15, 0.2) is 0 Å². The van der Waals surface area contributed by atoms with Crippen LogP contribution in [0.4, 0.5) is 0 Å². The van der Waals surface area contributed by atoms with Crippen LogP contribution in [0.1, 0.15) is 6.92 Å². The molecular formula is C11H20N4O3S2W2Y. The number of ketones is 1. The number of hydrogen-bond donors (Lipinski definition) is 2. The second-order valence-electron chi connectivity index (χ2n) is 3.85. The van der Waals surface area contributed by atoms with Crippen LogP contribution in [0.5, 0.6) is 0 Å². The predicted octanol–water partition coefficient (Wildman–Crippen LogP) is -1.23. The first-order valence-electron chi connectivity index (χ1n) is 6.08. The Labute approximate surface area is 192 Å². The van der Waals surface area contributed by atoms with Gasteiger partial charge >= 0.3 is 99.1 Å². The second-order valence-corrected chi connectivity index (χ2v) is 9.08. The average molecular weight is 777 g/mol. The van der Waals surface area contributed by atoms with Gasteiger partial charge in [0.1, 0.15) is 5.78 Å². The zero-order valence-electron chi connectivity index (χ0n) is 13.2. The van der Waals surface area contributed by atoms with Crippen molar-refractivity contribution in [2.24, 2.45) is 0 Å². The molecule has 3 N–H and O–H groups in total. The van der Waals surface area contributed by atoms with Gasteiger partial charge in [0, 0.05) is 32.7 Å². The number of likely N-dealkylation sites (N-methyl/N-ethyl adjacent to an activating group) is 1. The van der Waals surface area contributed by atoms with E-state index in [0.717, 1.165) is 19.6 Å². The first-order valence-corrected chi connectivity index (χ1v) is 11.6. The van der Waals surface area contributed by atoms with Crippen LogP contribution in [0.15, 0.2) is 0 Å². The van der Waals surface area contributed by atoms with Crippen LogP contribution in [0.3, 0.4) is 0 Å². The number of nitrogens with one attached hydrogen (secondary N) is 3. The van der Waals surface area contributed by atoms with Gasteiger partial charge in [0.05, 0.1) is 0 Å². The van der Waals surface area contributed by atoms with Crippen molar-refractivity contribution in [1.29, 1.82) is 0 Å². The van der Waals surface area contributed by atoms with E-state index in [9.17, 15) is 14.4 Å². The first-order chi connectivity index (χ1) is 10.3. The van der Waals surface area contributed by atoms with E-state index in [1.54, 1.807) is 31.7 Å². The van der Waals surface area contributed by atoms with Crippen molar-refractivity contribution in [1.82, 2.24) is 5.32 Å². The zero-order valence-corrected chi connectivity index (χ0v) is 23.5. The molecule has 0 aromatic heterocycles. The van der Waals surface area contributed by atoms with Crippen molar-refractivity contribution < 1.29 is 92.9 Å². The summed E-state index contributed by atoms with van der Waals surface area (Å²) in [6.45, 7) is 2.19. The second kappa shape index (κ2) is 20.0. The van der Waals surface area contributed by atoms with Gasteiger partial charge in [0.25, 0.3) is 0 Å². The fraction of sp³-hybridized carbons (Fsp3) is 0.727. The number of carbonyl (C=O) groups excluding carboxylic acids is 3. The van der Waals surface area contributed by atoms with Crippen molar-refractivity contribution >= 4 is 39.6 Å². The van der Waals surface area contributed by atoms with Gasteiger partial charge in [0.2, 0.25) is 0 Å². The summed E-state index contributed by atoms with van der Waals surface area (Å²) in [6.07, 6.45) is 3.76. The van der Waals surface area contributed by atoms with Crippen LogP contribution in [-0.2, 0) is 86.4 Å². The molecule has 1 amide bonds. The molecule has 0 spiro atoms. The number of Topliss-reactive ketones (excluding diaryl/α,β-unsaturated/α-hetero) is 1. The Bertz CT molecular complexity index is 405. The van der Waals surface area contributed by atoms with Crippen LogP contribution in [0, 0.1) is 0 Å². The van der Waals surface area contributed by atoms with E-state index in [1.165, 1.54) is 26.6 Å². The minimum atomic E-state index is -0.526. The fourth-order valence-corrected chi connectivity index (χ4v) is 3.39.